The molecule has 6 rings (SSSR count). The van der Waals surface area contributed by atoms with Crippen LogP contribution in [0.15, 0.2) is 35.9 Å². The molecule has 1 amide bonds. The number of ether oxygens (including phenoxy) is 1. The first kappa shape index (κ1) is 21.9. The molecular formula is C28H36N4O2. The summed E-state index contributed by atoms with van der Waals surface area (Å²) in [6, 6.07) is 8.96. The zero-order chi connectivity index (χ0) is 23.2. The molecule has 1 N–H and O–H groups in total. The number of hydrogen-bond donors (Lipinski definition) is 1. The summed E-state index contributed by atoms with van der Waals surface area (Å²) in [5.41, 5.74) is 5.42. The molecule has 180 valence electrons. The molecule has 6 nitrogen and oxygen atoms in total. The summed E-state index contributed by atoms with van der Waals surface area (Å²) < 4.78 is 5.30. The second kappa shape index (κ2) is 8.88. The van der Waals surface area contributed by atoms with Gasteiger partial charge in [-0.3, -0.25) is 14.8 Å². The van der Waals surface area contributed by atoms with Crippen molar-refractivity contribution in [2.24, 2.45) is 11.8 Å². The second-order valence-corrected chi connectivity index (χ2v) is 10.7. The highest BCUT2D eigenvalue weighted by atomic mass is 16.5. The van der Waals surface area contributed by atoms with Gasteiger partial charge < -0.3 is 9.64 Å². The van der Waals surface area contributed by atoms with Crippen molar-refractivity contribution in [2.75, 3.05) is 26.7 Å². The third kappa shape index (κ3) is 3.76. The predicted molar refractivity (Wildman–Crippen MR) is 133 cm³/mol. The molecule has 2 bridgehead atoms. The predicted octanol–water partition coefficient (Wildman–Crippen LogP) is 4.36. The lowest BCUT2D eigenvalue weighted by Crippen LogP contribution is -2.60. The second-order valence-electron chi connectivity index (χ2n) is 10.7. The minimum atomic E-state index is 0.245. The van der Waals surface area contributed by atoms with Crippen LogP contribution < -0.4 is 4.74 Å². The SMILES string of the molecule is COc1ccc(-c2n[nH]c(C)c2CC(=O)N2CCCC3=C[C@H]4C[C@@H](CN5CCCC[C@@H]45)[C@H]32)cc1. The number of H-pyrrole nitrogens is 1. The molecule has 4 heterocycles. The van der Waals surface area contributed by atoms with Crippen molar-refractivity contribution < 1.29 is 9.53 Å². The Balaban J connectivity index is 1.25. The molecule has 0 saturated carbocycles. The Morgan fingerprint density at radius 1 is 1.18 bits per heavy atom. The van der Waals surface area contributed by atoms with Gasteiger partial charge in [0.1, 0.15) is 5.75 Å². The number of nitrogens with one attached hydrogen (secondary N) is 1. The van der Waals surface area contributed by atoms with E-state index in [4.69, 9.17) is 4.74 Å². The van der Waals surface area contributed by atoms with Crippen LogP contribution in [0.1, 0.15) is 49.8 Å². The number of piperidine rings is 3. The summed E-state index contributed by atoms with van der Waals surface area (Å²) in [7, 11) is 1.67. The molecule has 3 saturated heterocycles. The molecule has 3 aliphatic heterocycles. The lowest BCUT2D eigenvalue weighted by Gasteiger charge is -2.54. The average molecular weight is 461 g/mol. The van der Waals surface area contributed by atoms with Crippen molar-refractivity contribution >= 4 is 5.91 Å². The fraction of sp³-hybridized carbons (Fsp3) is 0.571. The molecule has 1 aromatic heterocycles. The fourth-order valence-electron chi connectivity index (χ4n) is 7.16. The van der Waals surface area contributed by atoms with Crippen LogP contribution in [0.3, 0.4) is 0 Å². The molecule has 1 aliphatic carbocycles. The van der Waals surface area contributed by atoms with Crippen molar-refractivity contribution in [3.05, 3.63) is 47.2 Å². The summed E-state index contributed by atoms with van der Waals surface area (Å²) in [5.74, 6) is 2.34. The maximum absolute atomic E-state index is 13.8. The largest absolute Gasteiger partial charge is 0.497 e. The number of nitrogens with zero attached hydrogens (tertiary/aromatic N) is 3. The number of aromatic amines is 1. The van der Waals surface area contributed by atoms with Crippen LogP contribution in [-0.2, 0) is 11.2 Å². The number of aromatic nitrogens is 2. The Labute approximate surface area is 202 Å². The third-order valence-electron chi connectivity index (χ3n) is 8.74. The van der Waals surface area contributed by atoms with Crippen LogP contribution in [-0.4, -0.2) is 64.7 Å². The van der Waals surface area contributed by atoms with E-state index in [9.17, 15) is 4.79 Å². The lowest BCUT2D eigenvalue weighted by molar-refractivity contribution is -0.135. The Morgan fingerprint density at radius 2 is 2.03 bits per heavy atom. The van der Waals surface area contributed by atoms with E-state index >= 15 is 0 Å². The number of benzene rings is 1. The number of carbonyl (C=O) groups excluding carboxylic acids is 1. The Hall–Kier alpha value is -2.60. The van der Waals surface area contributed by atoms with Crippen molar-refractivity contribution in [3.8, 4) is 17.0 Å². The van der Waals surface area contributed by atoms with Crippen molar-refractivity contribution in [3.63, 3.8) is 0 Å². The van der Waals surface area contributed by atoms with E-state index in [0.29, 0.717) is 18.3 Å². The summed E-state index contributed by atoms with van der Waals surface area (Å²) in [6.07, 6.45) is 10.5. The van der Waals surface area contributed by atoms with E-state index in [-0.39, 0.29) is 11.9 Å². The molecule has 3 fully saturated rings. The van der Waals surface area contributed by atoms with Crippen molar-refractivity contribution in [2.45, 2.75) is 64.0 Å². The van der Waals surface area contributed by atoms with E-state index in [1.165, 1.54) is 32.2 Å². The fourth-order valence-corrected chi connectivity index (χ4v) is 7.16. The van der Waals surface area contributed by atoms with Crippen LogP contribution in [0, 0.1) is 18.8 Å². The van der Waals surface area contributed by atoms with Gasteiger partial charge in [0.15, 0.2) is 0 Å². The molecule has 4 aliphatic rings. The number of amides is 1. The minimum Gasteiger partial charge on any atom is -0.497 e. The number of carbonyl (C=O) groups is 1. The Bertz CT molecular complexity index is 1090. The Morgan fingerprint density at radius 3 is 2.85 bits per heavy atom. The zero-order valence-corrected chi connectivity index (χ0v) is 20.4. The highest BCUT2D eigenvalue weighted by molar-refractivity contribution is 5.82. The molecule has 6 heteroatoms. The van der Waals surface area contributed by atoms with Gasteiger partial charge in [0, 0.05) is 36.0 Å². The van der Waals surface area contributed by atoms with Crippen LogP contribution in [0.5, 0.6) is 5.75 Å². The standard InChI is InChI=1S/C28H36N4O2/c1-18-24(27(30-29-18)19-8-10-23(34-2)11-9-19)16-26(33)32-13-5-6-20-14-21-15-22(28(20)32)17-31-12-4-3-7-25(21)31/h8-11,14,21-22,25,28H,3-7,12-13,15-17H2,1-2H3,(H,29,30)/t21-,22-,25-,28-/m0/s1. The van der Waals surface area contributed by atoms with Gasteiger partial charge in [0.05, 0.1) is 25.3 Å². The summed E-state index contributed by atoms with van der Waals surface area (Å²) >= 11 is 0. The van der Waals surface area contributed by atoms with Gasteiger partial charge >= 0.3 is 0 Å². The number of aryl methyl sites for hydroxylation is 1. The van der Waals surface area contributed by atoms with E-state index < -0.39 is 0 Å². The Kier molecular flexibility index (Phi) is 5.72. The van der Waals surface area contributed by atoms with Gasteiger partial charge in [-0.05, 0) is 81.7 Å². The van der Waals surface area contributed by atoms with Crippen LogP contribution in [0.4, 0.5) is 0 Å². The van der Waals surface area contributed by atoms with Crippen molar-refractivity contribution in [1.82, 2.24) is 20.0 Å². The first-order valence-corrected chi connectivity index (χ1v) is 13.0. The first-order valence-electron chi connectivity index (χ1n) is 13.0. The maximum Gasteiger partial charge on any atom is 0.227 e. The van der Waals surface area contributed by atoms with Gasteiger partial charge in [-0.2, -0.15) is 5.10 Å². The van der Waals surface area contributed by atoms with E-state index in [2.05, 4.69) is 26.1 Å². The van der Waals surface area contributed by atoms with Gasteiger partial charge in [0.25, 0.3) is 0 Å². The van der Waals surface area contributed by atoms with Gasteiger partial charge in [-0.25, -0.2) is 0 Å². The van der Waals surface area contributed by atoms with Crippen molar-refractivity contribution in [1.29, 1.82) is 0 Å². The number of rotatable bonds is 4. The van der Waals surface area contributed by atoms with Gasteiger partial charge in [0.2, 0.25) is 5.91 Å². The quantitative estimate of drug-likeness (QED) is 0.689. The highest BCUT2D eigenvalue weighted by Crippen LogP contribution is 2.45. The summed E-state index contributed by atoms with van der Waals surface area (Å²) in [5, 5.41) is 7.69. The van der Waals surface area contributed by atoms with Crippen LogP contribution in [0.25, 0.3) is 11.3 Å². The lowest BCUT2D eigenvalue weighted by atomic mass is 9.68. The highest BCUT2D eigenvalue weighted by Gasteiger charge is 2.46. The number of hydrogen-bond acceptors (Lipinski definition) is 4. The van der Waals surface area contributed by atoms with Gasteiger partial charge in [-0.1, -0.05) is 18.1 Å². The monoisotopic (exact) mass is 460 g/mol. The first-order chi connectivity index (χ1) is 16.6. The average Bonchev–Trinajstić information content (AvgIpc) is 3.23. The minimum absolute atomic E-state index is 0.245. The molecular weight excluding hydrogens is 424 g/mol. The summed E-state index contributed by atoms with van der Waals surface area (Å²) in [4.78, 5) is 18.8. The van der Waals surface area contributed by atoms with E-state index in [1.807, 2.05) is 31.2 Å². The number of likely N-dealkylation sites (tertiary alicyclic amines) is 1. The zero-order valence-electron chi connectivity index (χ0n) is 20.4. The van der Waals surface area contributed by atoms with Crippen LogP contribution >= 0.6 is 0 Å². The third-order valence-corrected chi connectivity index (χ3v) is 8.74. The number of fused-ring (bicyclic) bond motifs is 6. The normalized spacial score (nSPS) is 28.6. The molecule has 2 aromatic rings. The molecule has 0 unspecified atom stereocenters. The number of methoxy groups -OCH3 is 1. The molecule has 4 atom stereocenters. The smallest absolute Gasteiger partial charge is 0.227 e. The molecule has 1 aromatic carbocycles. The topological polar surface area (TPSA) is 61.5 Å². The van der Waals surface area contributed by atoms with Crippen LogP contribution in [0.2, 0.25) is 0 Å². The maximum atomic E-state index is 13.8. The molecule has 34 heavy (non-hydrogen) atoms. The van der Waals surface area contributed by atoms with Gasteiger partial charge in [-0.15, -0.1) is 0 Å². The van der Waals surface area contributed by atoms with E-state index in [0.717, 1.165) is 60.2 Å². The molecule has 0 spiro atoms. The van der Waals surface area contributed by atoms with E-state index in [1.54, 1.807) is 12.7 Å². The summed E-state index contributed by atoms with van der Waals surface area (Å²) in [6.45, 7) is 5.29. The molecule has 0 radical (unpaired) electrons.